The lowest BCUT2D eigenvalue weighted by Crippen LogP contribution is -2.57. The Labute approximate surface area is 112 Å². The lowest BCUT2D eigenvalue weighted by atomic mass is 10.1. The van der Waals surface area contributed by atoms with Gasteiger partial charge < -0.3 is 20.6 Å². The van der Waals surface area contributed by atoms with Crippen LogP contribution in [0.15, 0.2) is 0 Å². The van der Waals surface area contributed by atoms with Crippen molar-refractivity contribution in [3.63, 3.8) is 0 Å². The number of aliphatic carboxylic acids is 1. The molecule has 1 aliphatic heterocycles. The SMILES string of the molecule is CC(C)(C)N(CC(=O)O)C(=O)NC1CCC(=O)NC1. The van der Waals surface area contributed by atoms with Crippen LogP contribution in [-0.2, 0) is 9.59 Å². The molecule has 1 unspecified atom stereocenters. The number of piperidine rings is 1. The Balaban J connectivity index is 2.62. The molecular formula is C12H21N3O4. The van der Waals surface area contributed by atoms with Crippen LogP contribution in [0.1, 0.15) is 33.6 Å². The predicted octanol–water partition coefficient (Wildman–Crippen LogP) is 0.160. The molecule has 3 amide bonds. The van der Waals surface area contributed by atoms with E-state index in [9.17, 15) is 14.4 Å². The highest BCUT2D eigenvalue weighted by atomic mass is 16.4. The number of carboxylic acids is 1. The zero-order valence-electron chi connectivity index (χ0n) is 11.5. The minimum absolute atomic E-state index is 0.0243. The average Bonchev–Trinajstić information content (AvgIpc) is 2.27. The highest BCUT2D eigenvalue weighted by molar-refractivity contribution is 5.81. The van der Waals surface area contributed by atoms with Crippen molar-refractivity contribution in [2.75, 3.05) is 13.1 Å². The van der Waals surface area contributed by atoms with Crippen molar-refractivity contribution in [3.05, 3.63) is 0 Å². The number of rotatable bonds is 3. The van der Waals surface area contributed by atoms with Crippen LogP contribution in [0.2, 0.25) is 0 Å². The number of carbonyl (C=O) groups excluding carboxylic acids is 2. The van der Waals surface area contributed by atoms with Crippen molar-refractivity contribution in [3.8, 4) is 0 Å². The minimum atomic E-state index is -1.05. The summed E-state index contributed by atoms with van der Waals surface area (Å²) in [6, 6.07) is -0.570. The molecule has 1 heterocycles. The average molecular weight is 271 g/mol. The van der Waals surface area contributed by atoms with Gasteiger partial charge in [-0.25, -0.2) is 4.79 Å². The molecule has 0 spiro atoms. The molecule has 7 heteroatoms. The largest absolute Gasteiger partial charge is 0.480 e. The third kappa shape index (κ3) is 4.76. The Bertz CT molecular complexity index is 366. The second-order valence-corrected chi connectivity index (χ2v) is 5.64. The van der Waals surface area contributed by atoms with E-state index >= 15 is 0 Å². The Morgan fingerprint density at radius 1 is 1.47 bits per heavy atom. The smallest absolute Gasteiger partial charge is 0.323 e. The third-order valence-corrected chi connectivity index (χ3v) is 2.94. The first-order valence-electron chi connectivity index (χ1n) is 6.27. The first kappa shape index (κ1) is 15.3. The van der Waals surface area contributed by atoms with Gasteiger partial charge in [-0.3, -0.25) is 9.59 Å². The summed E-state index contributed by atoms with van der Waals surface area (Å²) in [5.74, 6) is -1.08. The van der Waals surface area contributed by atoms with Crippen LogP contribution in [0.4, 0.5) is 4.79 Å². The molecule has 19 heavy (non-hydrogen) atoms. The molecule has 0 aromatic heterocycles. The summed E-state index contributed by atoms with van der Waals surface area (Å²) >= 11 is 0. The van der Waals surface area contributed by atoms with E-state index in [0.29, 0.717) is 19.4 Å². The summed E-state index contributed by atoms with van der Waals surface area (Å²) in [5, 5.41) is 14.3. The fraction of sp³-hybridized carbons (Fsp3) is 0.750. The van der Waals surface area contributed by atoms with Gasteiger partial charge in [0.2, 0.25) is 5.91 Å². The highest BCUT2D eigenvalue weighted by Gasteiger charge is 2.30. The Morgan fingerprint density at radius 2 is 2.11 bits per heavy atom. The Morgan fingerprint density at radius 3 is 2.53 bits per heavy atom. The molecule has 0 aromatic rings. The zero-order valence-corrected chi connectivity index (χ0v) is 11.5. The molecule has 1 aliphatic rings. The predicted molar refractivity (Wildman–Crippen MR) is 68.7 cm³/mol. The molecule has 1 fully saturated rings. The molecule has 1 rings (SSSR count). The van der Waals surface area contributed by atoms with Gasteiger partial charge in [-0.1, -0.05) is 0 Å². The lowest BCUT2D eigenvalue weighted by Gasteiger charge is -2.36. The number of hydrogen-bond acceptors (Lipinski definition) is 3. The molecule has 0 aromatic carbocycles. The molecule has 108 valence electrons. The molecule has 3 N–H and O–H groups in total. The van der Waals surface area contributed by atoms with E-state index in [1.807, 2.05) is 0 Å². The third-order valence-electron chi connectivity index (χ3n) is 2.94. The Hall–Kier alpha value is -1.79. The van der Waals surface area contributed by atoms with Gasteiger partial charge in [0, 0.05) is 24.5 Å². The van der Waals surface area contributed by atoms with E-state index in [1.165, 1.54) is 4.90 Å². The molecule has 7 nitrogen and oxygen atoms in total. The summed E-state index contributed by atoms with van der Waals surface area (Å²) in [5.41, 5.74) is -0.583. The van der Waals surface area contributed by atoms with E-state index < -0.39 is 17.5 Å². The van der Waals surface area contributed by atoms with Crippen molar-refractivity contribution in [2.45, 2.75) is 45.2 Å². The van der Waals surface area contributed by atoms with Crippen LogP contribution >= 0.6 is 0 Å². The normalized spacial score (nSPS) is 19.5. The fourth-order valence-electron chi connectivity index (χ4n) is 1.86. The monoisotopic (exact) mass is 271 g/mol. The quantitative estimate of drug-likeness (QED) is 0.681. The van der Waals surface area contributed by atoms with E-state index in [0.717, 1.165) is 0 Å². The summed E-state index contributed by atoms with van der Waals surface area (Å²) < 4.78 is 0. The summed E-state index contributed by atoms with van der Waals surface area (Å²) in [7, 11) is 0. The van der Waals surface area contributed by atoms with E-state index in [2.05, 4.69) is 10.6 Å². The first-order valence-corrected chi connectivity index (χ1v) is 6.27. The van der Waals surface area contributed by atoms with Crippen molar-refractivity contribution in [2.24, 2.45) is 0 Å². The van der Waals surface area contributed by atoms with Gasteiger partial charge in [0.05, 0.1) is 0 Å². The van der Waals surface area contributed by atoms with Gasteiger partial charge in [0.15, 0.2) is 0 Å². The van der Waals surface area contributed by atoms with Crippen LogP contribution in [0.5, 0.6) is 0 Å². The van der Waals surface area contributed by atoms with Crippen LogP contribution in [0.3, 0.4) is 0 Å². The highest BCUT2D eigenvalue weighted by Crippen LogP contribution is 2.14. The van der Waals surface area contributed by atoms with Gasteiger partial charge in [-0.15, -0.1) is 0 Å². The van der Waals surface area contributed by atoms with Gasteiger partial charge in [0.25, 0.3) is 0 Å². The van der Waals surface area contributed by atoms with Crippen molar-refractivity contribution < 1.29 is 19.5 Å². The maximum Gasteiger partial charge on any atom is 0.323 e. The maximum atomic E-state index is 12.1. The standard InChI is InChI=1S/C12H21N3O4/c1-12(2,3)15(7-10(17)18)11(19)14-8-4-5-9(16)13-6-8/h8H,4-7H2,1-3H3,(H,13,16)(H,14,19)(H,17,18). The number of nitrogens with one attached hydrogen (secondary N) is 2. The van der Waals surface area contributed by atoms with E-state index in [1.54, 1.807) is 20.8 Å². The molecular weight excluding hydrogens is 250 g/mol. The fourth-order valence-corrected chi connectivity index (χ4v) is 1.86. The number of carboxylic acid groups (broad SMARTS) is 1. The summed E-state index contributed by atoms with van der Waals surface area (Å²) in [6.45, 7) is 5.36. The topological polar surface area (TPSA) is 98.7 Å². The van der Waals surface area contributed by atoms with Gasteiger partial charge in [-0.2, -0.15) is 0 Å². The van der Waals surface area contributed by atoms with Gasteiger partial charge >= 0.3 is 12.0 Å². The molecule has 1 saturated heterocycles. The van der Waals surface area contributed by atoms with Crippen LogP contribution in [0.25, 0.3) is 0 Å². The molecule has 0 saturated carbocycles. The number of amides is 3. The summed E-state index contributed by atoms with van der Waals surface area (Å²) in [4.78, 5) is 35.2. The van der Waals surface area contributed by atoms with Crippen molar-refractivity contribution >= 4 is 17.9 Å². The number of carbonyl (C=O) groups is 3. The van der Waals surface area contributed by atoms with E-state index in [4.69, 9.17) is 5.11 Å². The van der Waals surface area contributed by atoms with E-state index in [-0.39, 0.29) is 18.5 Å². The maximum absolute atomic E-state index is 12.1. The van der Waals surface area contributed by atoms with Crippen LogP contribution in [0, 0.1) is 0 Å². The number of hydrogen-bond donors (Lipinski definition) is 3. The lowest BCUT2D eigenvalue weighted by molar-refractivity contribution is -0.138. The first-order chi connectivity index (χ1) is 8.70. The molecule has 0 aliphatic carbocycles. The number of urea groups is 1. The minimum Gasteiger partial charge on any atom is -0.480 e. The zero-order chi connectivity index (χ0) is 14.6. The van der Waals surface area contributed by atoms with Crippen molar-refractivity contribution in [1.29, 1.82) is 0 Å². The molecule has 1 atom stereocenters. The van der Waals surface area contributed by atoms with Crippen molar-refractivity contribution in [1.82, 2.24) is 15.5 Å². The molecule has 0 radical (unpaired) electrons. The summed E-state index contributed by atoms with van der Waals surface area (Å²) in [6.07, 6.45) is 0.946. The second-order valence-electron chi connectivity index (χ2n) is 5.64. The van der Waals surface area contributed by atoms with Gasteiger partial charge in [0.1, 0.15) is 6.54 Å². The van der Waals surface area contributed by atoms with Crippen LogP contribution in [-0.4, -0.2) is 52.6 Å². The number of nitrogens with zero attached hydrogens (tertiary/aromatic N) is 1. The second kappa shape index (κ2) is 5.90. The molecule has 0 bridgehead atoms. The van der Waals surface area contributed by atoms with Crippen LogP contribution < -0.4 is 10.6 Å². The van der Waals surface area contributed by atoms with Gasteiger partial charge in [-0.05, 0) is 27.2 Å². The Kier molecular flexibility index (Phi) is 4.74.